The molecule has 1 unspecified atom stereocenters. The van der Waals surface area contributed by atoms with E-state index >= 15 is 0 Å². The van der Waals surface area contributed by atoms with E-state index in [-0.39, 0.29) is 6.04 Å². The molecule has 0 aliphatic heterocycles. The van der Waals surface area contributed by atoms with Crippen molar-refractivity contribution in [3.63, 3.8) is 0 Å². The van der Waals surface area contributed by atoms with Crippen molar-refractivity contribution < 1.29 is 0 Å². The summed E-state index contributed by atoms with van der Waals surface area (Å²) in [6.07, 6.45) is 3.80. The van der Waals surface area contributed by atoms with Crippen LogP contribution in [0.25, 0.3) is 0 Å². The largest absolute Gasteiger partial charge is 0.329 e. The number of imidazole rings is 1. The number of hydrogen-bond acceptors (Lipinski definition) is 2. The SMILES string of the molecule is CC(NCc1ccccc1)c1nccn1Cc1cc(Cl)cc(Cl)c1. The summed E-state index contributed by atoms with van der Waals surface area (Å²) in [4.78, 5) is 4.50. The Labute approximate surface area is 152 Å². The first-order chi connectivity index (χ1) is 11.6. The third kappa shape index (κ3) is 4.38. The number of aromatic nitrogens is 2. The Bertz CT molecular complexity index is 779. The van der Waals surface area contributed by atoms with Crippen molar-refractivity contribution in [2.24, 2.45) is 0 Å². The minimum absolute atomic E-state index is 0.134. The van der Waals surface area contributed by atoms with Gasteiger partial charge < -0.3 is 9.88 Å². The van der Waals surface area contributed by atoms with Crippen LogP contribution in [0.2, 0.25) is 10.0 Å². The lowest BCUT2D eigenvalue weighted by Gasteiger charge is -2.16. The fourth-order valence-electron chi connectivity index (χ4n) is 2.69. The Balaban J connectivity index is 1.70. The molecule has 3 rings (SSSR count). The summed E-state index contributed by atoms with van der Waals surface area (Å²) in [5.74, 6) is 0.988. The van der Waals surface area contributed by atoms with E-state index in [1.807, 2.05) is 42.7 Å². The Morgan fingerprint density at radius 1 is 1.04 bits per heavy atom. The smallest absolute Gasteiger partial charge is 0.125 e. The number of nitrogens with one attached hydrogen (secondary N) is 1. The normalized spacial score (nSPS) is 12.3. The number of halogens is 2. The quantitative estimate of drug-likeness (QED) is 0.664. The third-order valence-corrected chi connectivity index (χ3v) is 4.30. The molecule has 124 valence electrons. The van der Waals surface area contributed by atoms with E-state index < -0.39 is 0 Å². The molecule has 0 saturated heterocycles. The van der Waals surface area contributed by atoms with Crippen molar-refractivity contribution in [3.8, 4) is 0 Å². The second-order valence-electron chi connectivity index (χ2n) is 5.78. The predicted molar refractivity (Wildman–Crippen MR) is 99.5 cm³/mol. The zero-order chi connectivity index (χ0) is 16.9. The van der Waals surface area contributed by atoms with Gasteiger partial charge in [0.05, 0.1) is 6.04 Å². The lowest BCUT2D eigenvalue weighted by Crippen LogP contribution is -2.22. The molecule has 5 heteroatoms. The number of nitrogens with zero attached hydrogens (tertiary/aromatic N) is 2. The zero-order valence-electron chi connectivity index (χ0n) is 13.4. The van der Waals surface area contributed by atoms with Crippen molar-refractivity contribution in [2.75, 3.05) is 0 Å². The third-order valence-electron chi connectivity index (χ3n) is 3.87. The van der Waals surface area contributed by atoms with Crippen LogP contribution < -0.4 is 5.32 Å². The van der Waals surface area contributed by atoms with E-state index in [4.69, 9.17) is 23.2 Å². The monoisotopic (exact) mass is 359 g/mol. The summed E-state index contributed by atoms with van der Waals surface area (Å²) in [6, 6.07) is 16.1. The lowest BCUT2D eigenvalue weighted by molar-refractivity contribution is 0.521. The highest BCUT2D eigenvalue weighted by atomic mass is 35.5. The van der Waals surface area contributed by atoms with Crippen molar-refractivity contribution >= 4 is 23.2 Å². The Morgan fingerprint density at radius 3 is 2.46 bits per heavy atom. The van der Waals surface area contributed by atoms with Gasteiger partial charge in [-0.1, -0.05) is 53.5 Å². The highest BCUT2D eigenvalue weighted by Crippen LogP contribution is 2.21. The molecular weight excluding hydrogens is 341 g/mol. The van der Waals surface area contributed by atoms with Crippen molar-refractivity contribution in [3.05, 3.63) is 87.9 Å². The summed E-state index contributed by atoms with van der Waals surface area (Å²) in [6.45, 7) is 3.61. The molecule has 1 aromatic heterocycles. The second-order valence-corrected chi connectivity index (χ2v) is 6.65. The molecule has 0 aliphatic carbocycles. The molecule has 0 fully saturated rings. The molecule has 0 radical (unpaired) electrons. The molecule has 0 aliphatic rings. The molecule has 0 saturated carbocycles. The standard InChI is InChI=1S/C19H19Cl2N3/c1-14(23-12-15-5-3-2-4-6-15)19-22-7-8-24(19)13-16-9-17(20)11-18(21)10-16/h2-11,14,23H,12-13H2,1H3. The van der Waals surface area contributed by atoms with Crippen LogP contribution in [0.3, 0.4) is 0 Å². The van der Waals surface area contributed by atoms with Gasteiger partial charge in [0.25, 0.3) is 0 Å². The summed E-state index contributed by atoms with van der Waals surface area (Å²) in [5, 5.41) is 4.81. The van der Waals surface area contributed by atoms with Crippen LogP contribution in [0.15, 0.2) is 60.9 Å². The van der Waals surface area contributed by atoms with Gasteiger partial charge in [-0.05, 0) is 36.2 Å². The van der Waals surface area contributed by atoms with E-state index in [0.717, 1.165) is 17.9 Å². The summed E-state index contributed by atoms with van der Waals surface area (Å²) < 4.78 is 2.12. The van der Waals surface area contributed by atoms with E-state index in [1.165, 1.54) is 5.56 Å². The van der Waals surface area contributed by atoms with Crippen molar-refractivity contribution in [2.45, 2.75) is 26.1 Å². The predicted octanol–water partition coefficient (Wildman–Crippen LogP) is 5.09. The van der Waals surface area contributed by atoms with Gasteiger partial charge >= 0.3 is 0 Å². The van der Waals surface area contributed by atoms with Gasteiger partial charge in [-0.25, -0.2) is 4.98 Å². The molecule has 0 amide bonds. The van der Waals surface area contributed by atoms with E-state index in [0.29, 0.717) is 16.6 Å². The van der Waals surface area contributed by atoms with Crippen LogP contribution in [0.1, 0.15) is 29.9 Å². The maximum absolute atomic E-state index is 6.09. The first kappa shape index (κ1) is 17.0. The molecule has 1 heterocycles. The highest BCUT2D eigenvalue weighted by Gasteiger charge is 2.12. The minimum Gasteiger partial charge on any atom is -0.329 e. The van der Waals surface area contributed by atoms with Gasteiger partial charge in [-0.2, -0.15) is 0 Å². The number of hydrogen-bond donors (Lipinski definition) is 1. The van der Waals surface area contributed by atoms with Crippen molar-refractivity contribution in [1.29, 1.82) is 0 Å². The maximum atomic E-state index is 6.09. The molecule has 1 atom stereocenters. The van der Waals surface area contributed by atoms with Gasteiger partial charge in [-0.3, -0.25) is 0 Å². The molecule has 3 aromatic rings. The maximum Gasteiger partial charge on any atom is 0.125 e. The first-order valence-electron chi connectivity index (χ1n) is 7.85. The van der Waals surface area contributed by atoms with Gasteiger partial charge in [0, 0.05) is 35.5 Å². The Morgan fingerprint density at radius 2 is 1.75 bits per heavy atom. The molecule has 24 heavy (non-hydrogen) atoms. The Kier molecular flexibility index (Phi) is 5.56. The number of benzene rings is 2. The molecule has 0 spiro atoms. The Hall–Kier alpha value is -1.81. The van der Waals surface area contributed by atoms with Crippen LogP contribution in [-0.4, -0.2) is 9.55 Å². The molecule has 0 bridgehead atoms. The summed E-state index contributed by atoms with van der Waals surface area (Å²) in [5.41, 5.74) is 2.31. The van der Waals surface area contributed by atoms with Gasteiger partial charge in [0.15, 0.2) is 0 Å². The minimum atomic E-state index is 0.134. The van der Waals surface area contributed by atoms with Crippen molar-refractivity contribution in [1.82, 2.24) is 14.9 Å². The first-order valence-corrected chi connectivity index (χ1v) is 8.61. The van der Waals surface area contributed by atoms with E-state index in [2.05, 4.69) is 33.9 Å². The lowest BCUT2D eigenvalue weighted by atomic mass is 10.2. The van der Waals surface area contributed by atoms with Crippen LogP contribution in [0.5, 0.6) is 0 Å². The molecule has 3 nitrogen and oxygen atoms in total. The van der Waals surface area contributed by atoms with Crippen LogP contribution in [0, 0.1) is 0 Å². The topological polar surface area (TPSA) is 29.9 Å². The average molecular weight is 360 g/mol. The van der Waals surface area contributed by atoms with E-state index in [1.54, 1.807) is 6.07 Å². The summed E-state index contributed by atoms with van der Waals surface area (Å²) in [7, 11) is 0. The molecule has 1 N–H and O–H groups in total. The fraction of sp³-hybridized carbons (Fsp3) is 0.211. The van der Waals surface area contributed by atoms with Gasteiger partial charge in [0.1, 0.15) is 5.82 Å². The van der Waals surface area contributed by atoms with Crippen LogP contribution in [0.4, 0.5) is 0 Å². The van der Waals surface area contributed by atoms with Crippen LogP contribution >= 0.6 is 23.2 Å². The number of rotatable bonds is 6. The average Bonchev–Trinajstić information content (AvgIpc) is 3.01. The summed E-state index contributed by atoms with van der Waals surface area (Å²) >= 11 is 12.2. The highest BCUT2D eigenvalue weighted by molar-refractivity contribution is 6.34. The fourth-order valence-corrected chi connectivity index (χ4v) is 3.26. The van der Waals surface area contributed by atoms with Crippen LogP contribution in [-0.2, 0) is 13.1 Å². The van der Waals surface area contributed by atoms with Gasteiger partial charge in [-0.15, -0.1) is 0 Å². The van der Waals surface area contributed by atoms with Gasteiger partial charge in [0.2, 0.25) is 0 Å². The molecular formula is C19H19Cl2N3. The molecule has 2 aromatic carbocycles. The zero-order valence-corrected chi connectivity index (χ0v) is 14.9. The van der Waals surface area contributed by atoms with E-state index in [9.17, 15) is 0 Å². The second kappa shape index (κ2) is 7.84.